The maximum absolute atomic E-state index is 9.47. The van der Waals surface area contributed by atoms with Gasteiger partial charge in [-0.05, 0) is 57.1 Å². The van der Waals surface area contributed by atoms with Crippen LogP contribution in [-0.4, -0.2) is 30.0 Å². The topological polar surface area (TPSA) is 38.7 Å². The summed E-state index contributed by atoms with van der Waals surface area (Å²) in [6, 6.07) is 6.27. The molecule has 1 heterocycles. The summed E-state index contributed by atoms with van der Waals surface area (Å²) in [5.74, 6) is 0.271. The Morgan fingerprint density at radius 3 is 2.45 bits per heavy atom. The van der Waals surface area contributed by atoms with Crippen LogP contribution < -0.4 is 5.46 Å². The molecule has 1 aliphatic heterocycles. The van der Waals surface area contributed by atoms with Crippen molar-refractivity contribution in [2.24, 2.45) is 0 Å². The molecule has 108 valence electrons. The van der Waals surface area contributed by atoms with Crippen molar-refractivity contribution < 1.29 is 14.4 Å². The largest absolute Gasteiger partial charge is 0.495 e. The quantitative estimate of drug-likeness (QED) is 0.838. The van der Waals surface area contributed by atoms with Crippen LogP contribution in [0.2, 0.25) is 0 Å². The van der Waals surface area contributed by atoms with Crippen LogP contribution in [0.1, 0.15) is 51.2 Å². The van der Waals surface area contributed by atoms with E-state index < -0.39 is 0 Å². The van der Waals surface area contributed by atoms with Crippen molar-refractivity contribution in [2.45, 2.75) is 57.7 Å². The second-order valence-electron chi connectivity index (χ2n) is 6.92. The third-order valence-electron chi connectivity index (χ3n) is 5.16. The van der Waals surface area contributed by atoms with Crippen LogP contribution in [0, 0.1) is 0 Å². The highest BCUT2D eigenvalue weighted by Gasteiger charge is 2.52. The summed E-state index contributed by atoms with van der Waals surface area (Å²) in [6.07, 6.45) is 2.02. The maximum Gasteiger partial charge on any atom is 0.495 e. The zero-order valence-corrected chi connectivity index (χ0v) is 12.8. The van der Waals surface area contributed by atoms with E-state index >= 15 is 0 Å². The molecular weight excluding hydrogens is 251 g/mol. The molecule has 1 aromatic carbocycles. The third kappa shape index (κ3) is 2.02. The van der Waals surface area contributed by atoms with Crippen molar-refractivity contribution in [3.05, 3.63) is 29.3 Å². The Labute approximate surface area is 121 Å². The standard InChI is InChI=1S/C16H23BO3/c1-15(2)16(3,4)20-17(19-15)14-7-5-6-12-11(10-18)8-9-13(12)14/h5-7,11,18H,8-10H2,1-4H3. The summed E-state index contributed by atoms with van der Waals surface area (Å²) in [5, 5.41) is 9.47. The van der Waals surface area contributed by atoms with E-state index in [1.54, 1.807) is 0 Å². The zero-order chi connectivity index (χ0) is 14.5. The van der Waals surface area contributed by atoms with E-state index in [9.17, 15) is 5.11 Å². The number of rotatable bonds is 2. The molecule has 1 aromatic rings. The molecule has 0 radical (unpaired) electrons. The Kier molecular flexibility index (Phi) is 3.24. The number of benzene rings is 1. The summed E-state index contributed by atoms with van der Waals surface area (Å²) >= 11 is 0. The van der Waals surface area contributed by atoms with Gasteiger partial charge in [0.05, 0.1) is 11.2 Å². The van der Waals surface area contributed by atoms with Crippen molar-refractivity contribution in [2.75, 3.05) is 6.61 Å². The zero-order valence-electron chi connectivity index (χ0n) is 12.8. The molecule has 0 saturated carbocycles. The van der Waals surface area contributed by atoms with Gasteiger partial charge in [0.1, 0.15) is 0 Å². The van der Waals surface area contributed by atoms with Gasteiger partial charge < -0.3 is 14.4 Å². The summed E-state index contributed by atoms with van der Waals surface area (Å²) < 4.78 is 12.3. The van der Waals surface area contributed by atoms with Gasteiger partial charge in [-0.3, -0.25) is 0 Å². The van der Waals surface area contributed by atoms with E-state index in [1.165, 1.54) is 11.1 Å². The molecule has 3 nitrogen and oxygen atoms in total. The summed E-state index contributed by atoms with van der Waals surface area (Å²) in [4.78, 5) is 0. The van der Waals surface area contributed by atoms with Gasteiger partial charge in [0.25, 0.3) is 0 Å². The van der Waals surface area contributed by atoms with E-state index in [4.69, 9.17) is 9.31 Å². The number of aliphatic hydroxyl groups excluding tert-OH is 1. The molecule has 1 saturated heterocycles. The fourth-order valence-electron chi connectivity index (χ4n) is 3.15. The molecule has 0 aromatic heterocycles. The first kappa shape index (κ1) is 14.1. The first-order valence-corrected chi connectivity index (χ1v) is 7.44. The number of hydrogen-bond acceptors (Lipinski definition) is 3. The Morgan fingerprint density at radius 1 is 1.20 bits per heavy atom. The van der Waals surface area contributed by atoms with Gasteiger partial charge in [0.2, 0.25) is 0 Å². The lowest BCUT2D eigenvalue weighted by molar-refractivity contribution is 0.00578. The Morgan fingerprint density at radius 2 is 1.85 bits per heavy atom. The molecule has 0 amide bonds. The highest BCUT2D eigenvalue weighted by Crippen LogP contribution is 2.38. The monoisotopic (exact) mass is 274 g/mol. The molecule has 3 rings (SSSR count). The predicted octanol–water partition coefficient (Wildman–Crippen LogP) is 2.01. The molecule has 1 aliphatic carbocycles. The van der Waals surface area contributed by atoms with E-state index in [2.05, 4.69) is 39.8 Å². The average Bonchev–Trinajstić information content (AvgIpc) is 2.88. The second-order valence-corrected chi connectivity index (χ2v) is 6.92. The SMILES string of the molecule is CC1(C)OB(c2cccc3c2CCC3CO)OC1(C)C. The van der Waals surface area contributed by atoms with Crippen molar-refractivity contribution in [3.8, 4) is 0 Å². The first-order valence-electron chi connectivity index (χ1n) is 7.44. The van der Waals surface area contributed by atoms with Crippen LogP contribution in [0.15, 0.2) is 18.2 Å². The maximum atomic E-state index is 9.47. The van der Waals surface area contributed by atoms with Gasteiger partial charge >= 0.3 is 7.12 Å². The van der Waals surface area contributed by atoms with E-state index in [1.807, 2.05) is 6.07 Å². The lowest BCUT2D eigenvalue weighted by Gasteiger charge is -2.32. The van der Waals surface area contributed by atoms with Gasteiger partial charge in [0.15, 0.2) is 0 Å². The second kappa shape index (κ2) is 4.59. The van der Waals surface area contributed by atoms with Crippen LogP contribution in [0.4, 0.5) is 0 Å². The van der Waals surface area contributed by atoms with Crippen LogP contribution in [-0.2, 0) is 15.7 Å². The fraction of sp³-hybridized carbons (Fsp3) is 0.625. The fourth-order valence-corrected chi connectivity index (χ4v) is 3.15. The van der Waals surface area contributed by atoms with Gasteiger partial charge in [-0.25, -0.2) is 0 Å². The lowest BCUT2D eigenvalue weighted by Crippen LogP contribution is -2.41. The molecule has 1 atom stereocenters. The summed E-state index contributed by atoms with van der Waals surface area (Å²) in [7, 11) is -0.299. The Balaban J connectivity index is 1.96. The average molecular weight is 274 g/mol. The molecule has 0 spiro atoms. The van der Waals surface area contributed by atoms with E-state index in [-0.39, 0.29) is 30.8 Å². The van der Waals surface area contributed by atoms with Gasteiger partial charge in [-0.1, -0.05) is 18.2 Å². The van der Waals surface area contributed by atoms with Crippen molar-refractivity contribution in [3.63, 3.8) is 0 Å². The molecule has 1 unspecified atom stereocenters. The molecule has 1 fully saturated rings. The molecule has 2 aliphatic rings. The van der Waals surface area contributed by atoms with Gasteiger partial charge in [-0.2, -0.15) is 0 Å². The molecule has 0 bridgehead atoms. The first-order chi connectivity index (χ1) is 9.36. The predicted molar refractivity (Wildman–Crippen MR) is 80.3 cm³/mol. The van der Waals surface area contributed by atoms with E-state index in [0.717, 1.165) is 18.3 Å². The minimum absolute atomic E-state index is 0.222. The van der Waals surface area contributed by atoms with Crippen LogP contribution in [0.3, 0.4) is 0 Å². The van der Waals surface area contributed by atoms with Gasteiger partial charge in [-0.15, -0.1) is 0 Å². The van der Waals surface area contributed by atoms with Crippen LogP contribution >= 0.6 is 0 Å². The smallest absolute Gasteiger partial charge is 0.399 e. The normalized spacial score (nSPS) is 26.9. The van der Waals surface area contributed by atoms with Gasteiger partial charge in [0, 0.05) is 12.5 Å². The summed E-state index contributed by atoms with van der Waals surface area (Å²) in [6.45, 7) is 8.53. The minimum atomic E-state index is -0.310. The summed E-state index contributed by atoms with van der Waals surface area (Å²) in [5.41, 5.74) is 3.09. The Hall–Kier alpha value is -0.835. The lowest BCUT2D eigenvalue weighted by atomic mass is 9.75. The molecule has 4 heteroatoms. The van der Waals surface area contributed by atoms with Crippen molar-refractivity contribution >= 4 is 12.6 Å². The molecular formula is C16H23BO3. The third-order valence-corrected chi connectivity index (χ3v) is 5.16. The molecule has 20 heavy (non-hydrogen) atoms. The molecule has 1 N–H and O–H groups in total. The van der Waals surface area contributed by atoms with Crippen molar-refractivity contribution in [1.82, 2.24) is 0 Å². The number of hydrogen-bond donors (Lipinski definition) is 1. The van der Waals surface area contributed by atoms with Crippen LogP contribution in [0.25, 0.3) is 0 Å². The highest BCUT2D eigenvalue weighted by atomic mass is 16.7. The number of fused-ring (bicyclic) bond motifs is 1. The van der Waals surface area contributed by atoms with Crippen molar-refractivity contribution in [1.29, 1.82) is 0 Å². The number of aliphatic hydroxyl groups is 1. The highest BCUT2D eigenvalue weighted by molar-refractivity contribution is 6.62. The minimum Gasteiger partial charge on any atom is -0.399 e. The van der Waals surface area contributed by atoms with Crippen LogP contribution in [0.5, 0.6) is 0 Å². The Bertz CT molecular complexity index is 508. The van der Waals surface area contributed by atoms with E-state index in [0.29, 0.717) is 0 Å².